The Balaban J connectivity index is 3.31. The molecule has 1 rings (SSSR count). The lowest BCUT2D eigenvalue weighted by Gasteiger charge is -2.03. The zero-order valence-corrected chi connectivity index (χ0v) is 8.61. The third-order valence-electron chi connectivity index (χ3n) is 1.50. The summed E-state index contributed by atoms with van der Waals surface area (Å²) in [6.45, 7) is -0.229. The zero-order chi connectivity index (χ0) is 10.7. The van der Waals surface area contributed by atoms with Crippen molar-refractivity contribution in [3.8, 4) is 6.07 Å². The van der Waals surface area contributed by atoms with E-state index in [4.69, 9.17) is 11.0 Å². The first kappa shape index (κ1) is 10.5. The van der Waals surface area contributed by atoms with Gasteiger partial charge in [-0.15, -0.1) is 0 Å². The Hall–Kier alpha value is -1.61. The predicted molar refractivity (Wildman–Crippen MR) is 52.3 cm³/mol. The summed E-state index contributed by atoms with van der Waals surface area (Å²) in [6, 6.07) is 3.12. The fraction of sp³-hybridized carbons (Fsp3) is 0.125. The van der Waals surface area contributed by atoms with Gasteiger partial charge in [-0.3, -0.25) is 9.59 Å². The van der Waals surface area contributed by atoms with Crippen LogP contribution in [0.25, 0.3) is 0 Å². The maximum absolute atomic E-state index is 11.4. The van der Waals surface area contributed by atoms with Gasteiger partial charge in [-0.2, -0.15) is 5.26 Å². The second-order valence-electron chi connectivity index (χ2n) is 2.58. The lowest BCUT2D eigenvalue weighted by Crippen LogP contribution is -2.28. The summed E-state index contributed by atoms with van der Waals surface area (Å²) < 4.78 is 1.64. The Bertz CT molecular complexity index is 472. The van der Waals surface area contributed by atoms with E-state index in [1.54, 1.807) is 6.07 Å². The summed E-state index contributed by atoms with van der Waals surface area (Å²) >= 11 is 3.11. The molecule has 5 nitrogen and oxygen atoms in total. The second-order valence-corrected chi connectivity index (χ2v) is 3.50. The summed E-state index contributed by atoms with van der Waals surface area (Å²) in [4.78, 5) is 22.0. The molecule has 1 aromatic rings. The first-order valence-corrected chi connectivity index (χ1v) is 4.42. The molecule has 0 aromatic carbocycles. The molecule has 1 aromatic heterocycles. The first-order valence-electron chi connectivity index (χ1n) is 3.63. The second kappa shape index (κ2) is 4.07. The highest BCUT2D eigenvalue weighted by molar-refractivity contribution is 9.10. The third kappa shape index (κ3) is 2.20. The molecule has 0 spiro atoms. The molecule has 0 aliphatic heterocycles. The van der Waals surface area contributed by atoms with E-state index < -0.39 is 11.5 Å². The quantitative estimate of drug-likeness (QED) is 0.805. The zero-order valence-electron chi connectivity index (χ0n) is 7.03. The van der Waals surface area contributed by atoms with Crippen LogP contribution in [0.4, 0.5) is 0 Å². The van der Waals surface area contributed by atoms with Crippen molar-refractivity contribution in [1.29, 1.82) is 5.26 Å². The lowest BCUT2D eigenvalue weighted by molar-refractivity contribution is -0.118. The van der Waals surface area contributed by atoms with E-state index in [1.165, 1.54) is 12.3 Å². The Morgan fingerprint density at radius 2 is 2.36 bits per heavy atom. The monoisotopic (exact) mass is 255 g/mol. The van der Waals surface area contributed by atoms with Crippen molar-refractivity contribution in [2.24, 2.45) is 5.73 Å². The number of amides is 1. The van der Waals surface area contributed by atoms with Gasteiger partial charge >= 0.3 is 0 Å². The van der Waals surface area contributed by atoms with Gasteiger partial charge < -0.3 is 10.3 Å². The summed E-state index contributed by atoms with van der Waals surface area (Å²) in [5.74, 6) is -0.630. The van der Waals surface area contributed by atoms with E-state index in [2.05, 4.69) is 15.9 Å². The number of nitrogens with two attached hydrogens (primary N) is 1. The highest BCUT2D eigenvalue weighted by atomic mass is 79.9. The SMILES string of the molecule is N#Cc1cc(Br)cn(CC(N)=O)c1=O. The molecule has 0 bridgehead atoms. The number of hydrogen-bond acceptors (Lipinski definition) is 3. The first-order chi connectivity index (χ1) is 6.54. The summed E-state index contributed by atoms with van der Waals surface area (Å²) in [5, 5.41) is 8.60. The van der Waals surface area contributed by atoms with E-state index >= 15 is 0 Å². The Morgan fingerprint density at radius 1 is 1.71 bits per heavy atom. The molecule has 6 heteroatoms. The van der Waals surface area contributed by atoms with E-state index in [9.17, 15) is 9.59 Å². The highest BCUT2D eigenvalue weighted by Crippen LogP contribution is 2.07. The van der Waals surface area contributed by atoms with Crippen LogP contribution in [-0.4, -0.2) is 10.5 Å². The number of halogens is 1. The molecule has 1 amide bonds. The Kier molecular flexibility index (Phi) is 3.04. The number of primary amides is 1. The van der Waals surface area contributed by atoms with Gasteiger partial charge in [-0.25, -0.2) is 0 Å². The number of nitrogens with zero attached hydrogens (tertiary/aromatic N) is 2. The van der Waals surface area contributed by atoms with Gasteiger partial charge in [0.2, 0.25) is 5.91 Å². The van der Waals surface area contributed by atoms with Crippen LogP contribution >= 0.6 is 15.9 Å². The van der Waals surface area contributed by atoms with E-state index in [0.29, 0.717) is 4.47 Å². The molecule has 0 aliphatic rings. The molecule has 0 saturated heterocycles. The molecule has 14 heavy (non-hydrogen) atoms. The third-order valence-corrected chi connectivity index (χ3v) is 1.93. The smallest absolute Gasteiger partial charge is 0.269 e. The molecule has 0 radical (unpaired) electrons. The van der Waals surface area contributed by atoms with Crippen molar-refractivity contribution in [2.45, 2.75) is 6.54 Å². The van der Waals surface area contributed by atoms with E-state index in [-0.39, 0.29) is 12.1 Å². The molecule has 0 fully saturated rings. The van der Waals surface area contributed by atoms with Crippen molar-refractivity contribution in [3.63, 3.8) is 0 Å². The van der Waals surface area contributed by atoms with Gasteiger partial charge in [0.25, 0.3) is 5.56 Å². The van der Waals surface area contributed by atoms with Gasteiger partial charge in [0, 0.05) is 10.7 Å². The fourth-order valence-electron chi connectivity index (χ4n) is 0.965. The molecule has 1 heterocycles. The minimum Gasteiger partial charge on any atom is -0.368 e. The summed E-state index contributed by atoms with van der Waals surface area (Å²) in [5.41, 5.74) is 4.39. The number of rotatable bonds is 2. The highest BCUT2D eigenvalue weighted by Gasteiger charge is 2.06. The topological polar surface area (TPSA) is 88.9 Å². The predicted octanol–water partition coefficient (Wildman–Crippen LogP) is -0.0322. The van der Waals surface area contributed by atoms with Crippen LogP contribution in [0.5, 0.6) is 0 Å². The fourth-order valence-corrected chi connectivity index (χ4v) is 1.44. The van der Waals surface area contributed by atoms with Gasteiger partial charge in [-0.05, 0) is 22.0 Å². The lowest BCUT2D eigenvalue weighted by atomic mass is 10.3. The van der Waals surface area contributed by atoms with Crippen LogP contribution < -0.4 is 11.3 Å². The number of carbonyl (C=O) groups excluding carboxylic acids is 1. The van der Waals surface area contributed by atoms with Crippen LogP contribution in [0.15, 0.2) is 21.5 Å². The van der Waals surface area contributed by atoms with Crippen LogP contribution in [0.3, 0.4) is 0 Å². The van der Waals surface area contributed by atoms with Gasteiger partial charge in [0.05, 0.1) is 0 Å². The average Bonchev–Trinajstić information content (AvgIpc) is 2.09. The largest absolute Gasteiger partial charge is 0.368 e. The van der Waals surface area contributed by atoms with E-state index in [1.807, 2.05) is 0 Å². The maximum atomic E-state index is 11.4. The average molecular weight is 256 g/mol. The standard InChI is InChI=1S/C8H6BrN3O2/c9-6-1-5(2-10)8(14)12(3-6)4-7(11)13/h1,3H,4H2,(H2,11,13). The van der Waals surface area contributed by atoms with Crippen LogP contribution in [0.1, 0.15) is 5.56 Å². The normalized spacial score (nSPS) is 9.43. The summed E-state index contributed by atoms with van der Waals surface area (Å²) in [7, 11) is 0. The molecular weight excluding hydrogens is 250 g/mol. The van der Waals surface area contributed by atoms with Crippen LogP contribution in [0, 0.1) is 11.3 Å². The van der Waals surface area contributed by atoms with Crippen LogP contribution in [-0.2, 0) is 11.3 Å². The molecule has 2 N–H and O–H groups in total. The maximum Gasteiger partial charge on any atom is 0.269 e. The Labute approximate surface area is 87.9 Å². The van der Waals surface area contributed by atoms with E-state index in [0.717, 1.165) is 4.57 Å². The molecule has 72 valence electrons. The molecule has 0 atom stereocenters. The van der Waals surface area contributed by atoms with Crippen molar-refractivity contribution in [3.05, 3.63) is 32.7 Å². The number of pyridine rings is 1. The van der Waals surface area contributed by atoms with Gasteiger partial charge in [-0.1, -0.05) is 0 Å². The number of hydrogen-bond donors (Lipinski definition) is 1. The molecule has 0 unspecified atom stereocenters. The van der Waals surface area contributed by atoms with Crippen molar-refractivity contribution in [2.75, 3.05) is 0 Å². The minimum absolute atomic E-state index is 0.0272. The summed E-state index contributed by atoms with van der Waals surface area (Å²) in [6.07, 6.45) is 1.41. The minimum atomic E-state index is -0.630. The molecule has 0 aliphatic carbocycles. The number of aromatic nitrogens is 1. The number of nitriles is 1. The number of carbonyl (C=O) groups is 1. The van der Waals surface area contributed by atoms with Crippen molar-refractivity contribution >= 4 is 21.8 Å². The Morgan fingerprint density at radius 3 is 2.86 bits per heavy atom. The van der Waals surface area contributed by atoms with Crippen molar-refractivity contribution < 1.29 is 4.79 Å². The van der Waals surface area contributed by atoms with Gasteiger partial charge in [0.15, 0.2) is 0 Å². The van der Waals surface area contributed by atoms with Crippen molar-refractivity contribution in [1.82, 2.24) is 4.57 Å². The van der Waals surface area contributed by atoms with Gasteiger partial charge in [0.1, 0.15) is 18.2 Å². The molecule has 0 saturated carbocycles. The molecular formula is C8H6BrN3O2. The van der Waals surface area contributed by atoms with Crippen LogP contribution in [0.2, 0.25) is 0 Å².